The monoisotopic (exact) mass is 299 g/mol. The van der Waals surface area contributed by atoms with Crippen molar-refractivity contribution in [3.05, 3.63) is 48.2 Å². The molecule has 0 saturated heterocycles. The van der Waals surface area contributed by atoms with E-state index in [9.17, 15) is 9.59 Å². The predicted molar refractivity (Wildman–Crippen MR) is 84.6 cm³/mol. The minimum atomic E-state index is -0.515. The van der Waals surface area contributed by atoms with Crippen LogP contribution in [-0.2, 0) is 4.74 Å². The predicted octanol–water partition coefficient (Wildman–Crippen LogP) is 3.60. The summed E-state index contributed by atoms with van der Waals surface area (Å²) in [5.41, 5.74) is 1.94. The maximum Gasteiger partial charge on any atom is 0.411 e. The smallest absolute Gasteiger partial charge is 0.411 e. The lowest BCUT2D eigenvalue weighted by Crippen LogP contribution is -2.13. The molecule has 2 N–H and O–H groups in total. The zero-order chi connectivity index (χ0) is 15.9. The Bertz CT molecular complexity index is 669. The summed E-state index contributed by atoms with van der Waals surface area (Å²) in [6, 6.07) is 10.6. The first kappa shape index (κ1) is 15.5. The molecule has 6 heteroatoms. The molecule has 0 aliphatic carbocycles. The molecular formula is C16H17N3O3. The molecule has 0 radical (unpaired) electrons. The normalized spacial score (nSPS) is 9.91. The van der Waals surface area contributed by atoms with Gasteiger partial charge in [-0.15, -0.1) is 0 Å². The van der Waals surface area contributed by atoms with Crippen LogP contribution < -0.4 is 10.6 Å². The lowest BCUT2D eigenvalue weighted by molar-refractivity contribution is 0.101. The Hall–Kier alpha value is -2.89. The highest BCUT2D eigenvalue weighted by Crippen LogP contribution is 2.17. The number of hydrogen-bond donors (Lipinski definition) is 2. The van der Waals surface area contributed by atoms with Crippen LogP contribution >= 0.6 is 0 Å². The molecule has 0 saturated carbocycles. The molecular weight excluding hydrogens is 282 g/mol. The van der Waals surface area contributed by atoms with Crippen molar-refractivity contribution in [2.45, 2.75) is 13.8 Å². The molecule has 0 aliphatic rings. The summed E-state index contributed by atoms with van der Waals surface area (Å²) in [5.74, 6) is 0.612. The molecule has 2 rings (SSSR count). The van der Waals surface area contributed by atoms with Gasteiger partial charge in [0.15, 0.2) is 5.78 Å². The van der Waals surface area contributed by atoms with Crippen LogP contribution in [0.25, 0.3) is 0 Å². The Morgan fingerprint density at radius 2 is 2.00 bits per heavy atom. The average molecular weight is 299 g/mol. The van der Waals surface area contributed by atoms with E-state index in [1.165, 1.54) is 13.1 Å². The lowest BCUT2D eigenvalue weighted by Gasteiger charge is -2.08. The van der Waals surface area contributed by atoms with Crippen molar-refractivity contribution >= 4 is 29.1 Å². The van der Waals surface area contributed by atoms with E-state index in [1.807, 2.05) is 6.07 Å². The third kappa shape index (κ3) is 4.31. The summed E-state index contributed by atoms with van der Waals surface area (Å²) in [7, 11) is 0. The third-order valence-corrected chi connectivity index (χ3v) is 2.83. The first-order chi connectivity index (χ1) is 10.6. The van der Waals surface area contributed by atoms with Gasteiger partial charge in [-0.2, -0.15) is 0 Å². The van der Waals surface area contributed by atoms with Crippen molar-refractivity contribution in [2.75, 3.05) is 17.2 Å². The van der Waals surface area contributed by atoms with Gasteiger partial charge < -0.3 is 10.1 Å². The number of ether oxygens (including phenoxy) is 1. The fourth-order valence-electron chi connectivity index (χ4n) is 1.79. The molecule has 0 atom stereocenters. The van der Waals surface area contributed by atoms with Gasteiger partial charge in [0.05, 0.1) is 18.5 Å². The number of ketones is 1. The Labute approximate surface area is 128 Å². The standard InChI is InChI=1S/C16H17N3O3/c1-3-22-16(21)19-14-7-8-15(17-10-14)18-13-6-4-5-12(9-13)11(2)20/h4-10H,3H2,1-2H3,(H,17,18)(H,19,21). The number of nitrogens with zero attached hydrogens (tertiary/aromatic N) is 1. The second-order valence-electron chi connectivity index (χ2n) is 4.54. The van der Waals surface area contributed by atoms with Crippen molar-refractivity contribution in [2.24, 2.45) is 0 Å². The van der Waals surface area contributed by atoms with Gasteiger partial charge in [-0.1, -0.05) is 12.1 Å². The molecule has 1 heterocycles. The van der Waals surface area contributed by atoms with Crippen molar-refractivity contribution in [3.8, 4) is 0 Å². The maximum atomic E-state index is 11.4. The molecule has 0 aliphatic heterocycles. The summed E-state index contributed by atoms with van der Waals surface area (Å²) in [4.78, 5) is 26.8. The number of nitrogens with one attached hydrogen (secondary N) is 2. The zero-order valence-corrected chi connectivity index (χ0v) is 12.4. The number of pyridine rings is 1. The summed E-state index contributed by atoms with van der Waals surface area (Å²) in [5, 5.41) is 5.66. The summed E-state index contributed by atoms with van der Waals surface area (Å²) < 4.78 is 4.78. The van der Waals surface area contributed by atoms with Gasteiger partial charge >= 0.3 is 6.09 Å². The average Bonchev–Trinajstić information content (AvgIpc) is 2.50. The van der Waals surface area contributed by atoms with E-state index in [0.717, 1.165) is 5.69 Å². The highest BCUT2D eigenvalue weighted by atomic mass is 16.5. The molecule has 2 aromatic rings. The molecule has 0 fully saturated rings. The largest absolute Gasteiger partial charge is 0.450 e. The molecule has 114 valence electrons. The number of amides is 1. The van der Waals surface area contributed by atoms with Gasteiger partial charge in [-0.05, 0) is 38.1 Å². The van der Waals surface area contributed by atoms with Crippen molar-refractivity contribution < 1.29 is 14.3 Å². The van der Waals surface area contributed by atoms with E-state index < -0.39 is 6.09 Å². The molecule has 0 unspecified atom stereocenters. The molecule has 1 aromatic carbocycles. The van der Waals surface area contributed by atoms with Crippen molar-refractivity contribution in [3.63, 3.8) is 0 Å². The molecule has 1 amide bonds. The summed E-state index contributed by atoms with van der Waals surface area (Å²) in [6.07, 6.45) is 1.01. The number of anilines is 3. The summed E-state index contributed by atoms with van der Waals surface area (Å²) in [6.45, 7) is 3.57. The van der Waals surface area contributed by atoms with Gasteiger partial charge in [0, 0.05) is 11.3 Å². The highest BCUT2D eigenvalue weighted by Gasteiger charge is 2.04. The minimum Gasteiger partial charge on any atom is -0.450 e. The SMILES string of the molecule is CCOC(=O)Nc1ccc(Nc2cccc(C(C)=O)c2)nc1. The van der Waals surface area contributed by atoms with Crippen LogP contribution in [0.3, 0.4) is 0 Å². The van der Waals surface area contributed by atoms with Crippen LogP contribution in [0.1, 0.15) is 24.2 Å². The van der Waals surface area contributed by atoms with Gasteiger partial charge in [-0.3, -0.25) is 10.1 Å². The van der Waals surface area contributed by atoms with Crippen LogP contribution in [0.4, 0.5) is 22.0 Å². The van der Waals surface area contributed by atoms with Crippen molar-refractivity contribution in [1.82, 2.24) is 4.98 Å². The Morgan fingerprint density at radius 3 is 2.64 bits per heavy atom. The van der Waals surface area contributed by atoms with Gasteiger partial charge in [0.1, 0.15) is 5.82 Å². The second-order valence-corrected chi connectivity index (χ2v) is 4.54. The lowest BCUT2D eigenvalue weighted by atomic mass is 10.1. The fraction of sp³-hybridized carbons (Fsp3) is 0.188. The third-order valence-electron chi connectivity index (χ3n) is 2.83. The first-order valence-electron chi connectivity index (χ1n) is 6.86. The van der Waals surface area contributed by atoms with E-state index in [1.54, 1.807) is 37.3 Å². The van der Waals surface area contributed by atoms with Gasteiger partial charge in [-0.25, -0.2) is 9.78 Å². The maximum absolute atomic E-state index is 11.4. The number of carbonyl (C=O) groups excluding carboxylic acids is 2. The number of hydrogen-bond acceptors (Lipinski definition) is 5. The van der Waals surface area contributed by atoms with Crippen LogP contribution in [0.15, 0.2) is 42.6 Å². The van der Waals surface area contributed by atoms with E-state index in [0.29, 0.717) is 23.7 Å². The van der Waals surface area contributed by atoms with Crippen LogP contribution in [-0.4, -0.2) is 23.5 Å². The number of rotatable bonds is 5. The minimum absolute atomic E-state index is 0.00518. The molecule has 1 aromatic heterocycles. The molecule has 6 nitrogen and oxygen atoms in total. The number of carbonyl (C=O) groups is 2. The second kappa shape index (κ2) is 7.21. The zero-order valence-electron chi connectivity index (χ0n) is 12.4. The highest BCUT2D eigenvalue weighted by molar-refractivity contribution is 5.95. The Morgan fingerprint density at radius 1 is 1.18 bits per heavy atom. The first-order valence-corrected chi connectivity index (χ1v) is 6.86. The quantitative estimate of drug-likeness (QED) is 0.825. The number of benzene rings is 1. The molecule has 22 heavy (non-hydrogen) atoms. The van der Waals surface area contributed by atoms with Crippen LogP contribution in [0.5, 0.6) is 0 Å². The van der Waals surface area contributed by atoms with Crippen LogP contribution in [0, 0.1) is 0 Å². The van der Waals surface area contributed by atoms with Crippen molar-refractivity contribution in [1.29, 1.82) is 0 Å². The van der Waals surface area contributed by atoms with E-state index >= 15 is 0 Å². The Balaban J connectivity index is 2.03. The fourth-order valence-corrected chi connectivity index (χ4v) is 1.79. The molecule has 0 bridgehead atoms. The number of aromatic nitrogens is 1. The topological polar surface area (TPSA) is 80.3 Å². The van der Waals surface area contributed by atoms with Crippen LogP contribution in [0.2, 0.25) is 0 Å². The summed E-state index contributed by atoms with van der Waals surface area (Å²) >= 11 is 0. The van der Waals surface area contributed by atoms with Gasteiger partial charge in [0.2, 0.25) is 0 Å². The van der Waals surface area contributed by atoms with E-state index in [-0.39, 0.29) is 5.78 Å². The number of Topliss-reactive ketones (excluding diaryl/α,β-unsaturated/α-hetero) is 1. The van der Waals surface area contributed by atoms with E-state index in [4.69, 9.17) is 4.74 Å². The Kier molecular flexibility index (Phi) is 5.08. The molecule has 0 spiro atoms. The van der Waals surface area contributed by atoms with Gasteiger partial charge in [0.25, 0.3) is 0 Å². The van der Waals surface area contributed by atoms with E-state index in [2.05, 4.69) is 15.6 Å².